The van der Waals surface area contributed by atoms with Gasteiger partial charge in [0.1, 0.15) is 11.1 Å². The third kappa shape index (κ3) is 8.50. The molecule has 0 unspecified atom stereocenters. The number of aromatic carboxylic acids is 1. The SMILES string of the molecule is COC(=O)c1cn(C(C)(C)C)nc1Cc1c(C)cc(C)cc1C.Cc1cc(C)c(Cc2nn(C(C)(C)C)cc2C(=O)O)c(C)c1. The minimum absolute atomic E-state index is 0.182. The van der Waals surface area contributed by atoms with Crippen LogP contribution in [0.2, 0.25) is 0 Å². The van der Waals surface area contributed by atoms with Crippen LogP contribution in [0.25, 0.3) is 0 Å². The number of methoxy groups -OCH3 is 1. The van der Waals surface area contributed by atoms with Crippen LogP contribution in [-0.4, -0.2) is 43.7 Å². The zero-order valence-corrected chi connectivity index (χ0v) is 29.3. The predicted molar refractivity (Wildman–Crippen MR) is 180 cm³/mol. The summed E-state index contributed by atoms with van der Waals surface area (Å²) in [6.45, 7) is 24.7. The number of hydrogen-bond acceptors (Lipinski definition) is 5. The first-order chi connectivity index (χ1) is 20.7. The monoisotopic (exact) mass is 614 g/mol. The zero-order chi connectivity index (χ0) is 34.0. The lowest BCUT2D eigenvalue weighted by molar-refractivity contribution is 0.0598. The van der Waals surface area contributed by atoms with E-state index < -0.39 is 5.97 Å². The van der Waals surface area contributed by atoms with Crippen molar-refractivity contribution in [3.05, 3.63) is 104 Å². The molecule has 0 radical (unpaired) electrons. The quantitative estimate of drug-likeness (QED) is 0.223. The molecule has 1 N–H and O–H groups in total. The molecule has 0 atom stereocenters. The van der Waals surface area contributed by atoms with Crippen LogP contribution in [0.5, 0.6) is 0 Å². The molecule has 0 saturated carbocycles. The van der Waals surface area contributed by atoms with Gasteiger partial charge in [0.2, 0.25) is 0 Å². The van der Waals surface area contributed by atoms with Crippen LogP contribution in [0.4, 0.5) is 0 Å². The fourth-order valence-corrected chi connectivity index (χ4v) is 5.54. The molecule has 2 aromatic heterocycles. The number of carboxylic acid groups (broad SMARTS) is 1. The molecule has 242 valence electrons. The van der Waals surface area contributed by atoms with Crippen LogP contribution in [0.1, 0.15) is 118 Å². The van der Waals surface area contributed by atoms with Gasteiger partial charge in [-0.3, -0.25) is 9.36 Å². The predicted octanol–water partition coefficient (Wildman–Crippen LogP) is 7.79. The number of nitrogens with zero attached hydrogens (tertiary/aromatic N) is 4. The highest BCUT2D eigenvalue weighted by Crippen LogP contribution is 2.25. The fourth-order valence-electron chi connectivity index (χ4n) is 5.54. The number of aryl methyl sites for hydroxylation is 6. The van der Waals surface area contributed by atoms with E-state index in [1.165, 1.54) is 46.1 Å². The summed E-state index contributed by atoms with van der Waals surface area (Å²) in [6.07, 6.45) is 4.60. The summed E-state index contributed by atoms with van der Waals surface area (Å²) in [5, 5.41) is 18.7. The summed E-state index contributed by atoms with van der Waals surface area (Å²) in [7, 11) is 1.41. The Balaban J connectivity index is 0.000000246. The number of ether oxygens (including phenoxy) is 1. The van der Waals surface area contributed by atoms with E-state index in [1.807, 2.05) is 25.5 Å². The van der Waals surface area contributed by atoms with Gasteiger partial charge in [-0.25, -0.2) is 9.59 Å². The van der Waals surface area contributed by atoms with Crippen molar-refractivity contribution in [1.82, 2.24) is 19.6 Å². The minimum atomic E-state index is -0.923. The first-order valence-electron chi connectivity index (χ1n) is 15.4. The summed E-state index contributed by atoms with van der Waals surface area (Å²) in [6, 6.07) is 8.59. The average molecular weight is 615 g/mol. The topological polar surface area (TPSA) is 99.2 Å². The Kier molecular flexibility index (Phi) is 10.5. The standard InChI is InChI=1S/C19H26N2O2.C18H24N2O2/c1-12-8-13(2)15(14(3)9-12)10-17-16(18(22)23-7)11-21(20-17)19(4,5)6;1-11-7-12(2)14(13(3)8-11)9-16-15(17(21)22)10-20(19-16)18(4,5)6/h8-9,11H,10H2,1-7H3;7-8,10H,9H2,1-6H3,(H,21,22). The Morgan fingerprint density at radius 2 is 1.00 bits per heavy atom. The van der Waals surface area contributed by atoms with Crippen molar-refractivity contribution in [1.29, 1.82) is 0 Å². The van der Waals surface area contributed by atoms with Crippen LogP contribution in [0.15, 0.2) is 36.7 Å². The smallest absolute Gasteiger partial charge is 0.341 e. The summed E-state index contributed by atoms with van der Waals surface area (Å²) in [4.78, 5) is 23.6. The van der Waals surface area contributed by atoms with E-state index in [9.17, 15) is 14.7 Å². The van der Waals surface area contributed by atoms with Gasteiger partial charge in [0, 0.05) is 25.2 Å². The van der Waals surface area contributed by atoms with Gasteiger partial charge in [0.05, 0.1) is 29.6 Å². The van der Waals surface area contributed by atoms with E-state index >= 15 is 0 Å². The second-order valence-corrected chi connectivity index (χ2v) is 14.1. The number of carboxylic acids is 1. The highest BCUT2D eigenvalue weighted by molar-refractivity contribution is 5.90. The molecule has 4 rings (SSSR count). The van der Waals surface area contributed by atoms with Crippen LogP contribution in [0, 0.1) is 41.5 Å². The molecule has 0 aliphatic heterocycles. The van der Waals surface area contributed by atoms with Crippen molar-refractivity contribution in [3.8, 4) is 0 Å². The van der Waals surface area contributed by atoms with Crippen molar-refractivity contribution < 1.29 is 19.4 Å². The molecule has 0 aliphatic rings. The Morgan fingerprint density at radius 1 is 0.667 bits per heavy atom. The molecule has 8 heteroatoms. The van der Waals surface area contributed by atoms with Crippen molar-refractivity contribution in [2.45, 2.75) is 107 Å². The van der Waals surface area contributed by atoms with Crippen LogP contribution in [-0.2, 0) is 28.7 Å². The average Bonchev–Trinajstić information content (AvgIpc) is 3.53. The summed E-state index contributed by atoms with van der Waals surface area (Å²) in [5.74, 6) is -1.26. The maximum atomic E-state index is 12.1. The molecule has 2 aromatic carbocycles. The number of carbonyl (C=O) groups excluding carboxylic acids is 1. The van der Waals surface area contributed by atoms with Crippen LogP contribution >= 0.6 is 0 Å². The Hall–Kier alpha value is -4.20. The minimum Gasteiger partial charge on any atom is -0.478 e. The van der Waals surface area contributed by atoms with E-state index in [1.54, 1.807) is 17.1 Å². The number of benzene rings is 2. The second-order valence-electron chi connectivity index (χ2n) is 14.1. The second kappa shape index (κ2) is 13.4. The molecule has 0 bridgehead atoms. The third-order valence-corrected chi connectivity index (χ3v) is 7.96. The molecule has 8 nitrogen and oxygen atoms in total. The largest absolute Gasteiger partial charge is 0.478 e. The maximum Gasteiger partial charge on any atom is 0.341 e. The molecular formula is C37H50N4O4. The van der Waals surface area contributed by atoms with Crippen molar-refractivity contribution in [2.24, 2.45) is 0 Å². The molecule has 0 aliphatic carbocycles. The molecule has 2 heterocycles. The van der Waals surface area contributed by atoms with Gasteiger partial charge in [-0.15, -0.1) is 0 Å². The van der Waals surface area contributed by atoms with Crippen LogP contribution in [0.3, 0.4) is 0 Å². The van der Waals surface area contributed by atoms with Gasteiger partial charge in [-0.05, 0) is 116 Å². The number of hydrogen-bond donors (Lipinski definition) is 1. The zero-order valence-electron chi connectivity index (χ0n) is 29.3. The first-order valence-corrected chi connectivity index (χ1v) is 15.4. The summed E-state index contributed by atoms with van der Waals surface area (Å²) >= 11 is 0. The summed E-state index contributed by atoms with van der Waals surface area (Å²) < 4.78 is 8.51. The Bertz CT molecular complexity index is 1660. The van der Waals surface area contributed by atoms with E-state index in [0.29, 0.717) is 24.1 Å². The van der Waals surface area contributed by atoms with Gasteiger partial charge in [0.25, 0.3) is 0 Å². The number of esters is 1. The van der Waals surface area contributed by atoms with E-state index in [4.69, 9.17) is 4.74 Å². The Labute approximate surface area is 268 Å². The molecule has 0 amide bonds. The first kappa shape index (κ1) is 35.3. The number of carbonyl (C=O) groups is 2. The molecule has 4 aromatic rings. The van der Waals surface area contributed by atoms with Gasteiger partial charge in [0.15, 0.2) is 0 Å². The van der Waals surface area contributed by atoms with Gasteiger partial charge in [-0.1, -0.05) is 35.4 Å². The fraction of sp³-hybridized carbons (Fsp3) is 0.459. The van der Waals surface area contributed by atoms with Crippen molar-refractivity contribution in [3.63, 3.8) is 0 Å². The summed E-state index contributed by atoms with van der Waals surface area (Å²) in [5.41, 5.74) is 11.5. The van der Waals surface area contributed by atoms with Gasteiger partial charge < -0.3 is 9.84 Å². The Morgan fingerprint density at radius 3 is 1.31 bits per heavy atom. The van der Waals surface area contributed by atoms with E-state index in [2.05, 4.69) is 96.8 Å². The van der Waals surface area contributed by atoms with Crippen LogP contribution < -0.4 is 0 Å². The highest BCUT2D eigenvalue weighted by atomic mass is 16.5. The van der Waals surface area contributed by atoms with Gasteiger partial charge >= 0.3 is 11.9 Å². The molecule has 0 spiro atoms. The van der Waals surface area contributed by atoms with Crippen molar-refractivity contribution >= 4 is 11.9 Å². The van der Waals surface area contributed by atoms with E-state index in [0.717, 1.165) is 11.3 Å². The third-order valence-electron chi connectivity index (χ3n) is 7.96. The lowest BCUT2D eigenvalue weighted by Gasteiger charge is -2.19. The molecule has 0 fully saturated rings. The molecule has 0 saturated heterocycles. The van der Waals surface area contributed by atoms with Crippen molar-refractivity contribution in [2.75, 3.05) is 7.11 Å². The van der Waals surface area contributed by atoms with E-state index in [-0.39, 0.29) is 22.6 Å². The number of aromatic nitrogens is 4. The molecular weight excluding hydrogens is 564 g/mol. The van der Waals surface area contributed by atoms with Gasteiger partial charge in [-0.2, -0.15) is 10.2 Å². The lowest BCUT2D eigenvalue weighted by Crippen LogP contribution is -2.22. The number of rotatable bonds is 6. The molecule has 45 heavy (non-hydrogen) atoms. The lowest BCUT2D eigenvalue weighted by atomic mass is 9.95. The maximum absolute atomic E-state index is 12.1. The normalized spacial score (nSPS) is 11.7. The highest BCUT2D eigenvalue weighted by Gasteiger charge is 2.24.